The lowest BCUT2D eigenvalue weighted by atomic mass is 10.2. The number of rotatable bonds is 4. The van der Waals surface area contributed by atoms with Gasteiger partial charge < -0.3 is 10.9 Å². The number of amidine groups is 1. The predicted octanol–water partition coefficient (Wildman–Crippen LogP) is 1.97. The Balaban J connectivity index is 1.85. The van der Waals surface area contributed by atoms with E-state index in [1.807, 2.05) is 12.1 Å². The minimum absolute atomic E-state index is 0.259. The van der Waals surface area contributed by atoms with Gasteiger partial charge >= 0.3 is 0 Å². The van der Waals surface area contributed by atoms with Crippen molar-refractivity contribution in [2.45, 2.75) is 6.54 Å². The Morgan fingerprint density at radius 1 is 1.30 bits per heavy atom. The molecule has 7 heteroatoms. The highest BCUT2D eigenvalue weighted by Gasteiger charge is 2.18. The molecule has 1 aromatic carbocycles. The van der Waals surface area contributed by atoms with Gasteiger partial charge in [-0.1, -0.05) is 38.8 Å². The first-order chi connectivity index (χ1) is 9.58. The number of hydrogen-bond donors (Lipinski definition) is 2. The van der Waals surface area contributed by atoms with E-state index in [-0.39, 0.29) is 5.84 Å². The van der Waals surface area contributed by atoms with Crippen LogP contribution in [0.5, 0.6) is 0 Å². The van der Waals surface area contributed by atoms with E-state index in [0.29, 0.717) is 6.54 Å². The molecule has 1 aliphatic heterocycles. The van der Waals surface area contributed by atoms with Crippen LogP contribution < -0.4 is 5.73 Å². The first-order valence-corrected chi connectivity index (χ1v) is 7.60. The molecule has 1 fully saturated rings. The zero-order valence-electron chi connectivity index (χ0n) is 11.1. The van der Waals surface area contributed by atoms with Crippen molar-refractivity contribution in [2.75, 3.05) is 32.7 Å². The Hall–Kier alpha value is -0.820. The fourth-order valence-electron chi connectivity index (χ4n) is 2.26. The van der Waals surface area contributed by atoms with Gasteiger partial charge in [-0.05, 0) is 17.7 Å². The average Bonchev–Trinajstić information content (AvgIpc) is 2.44. The minimum atomic E-state index is 0.259. The summed E-state index contributed by atoms with van der Waals surface area (Å²) in [5.74, 6) is 0.259. The minimum Gasteiger partial charge on any atom is -0.409 e. The summed E-state index contributed by atoms with van der Waals surface area (Å²) in [6.07, 6.45) is 0. The largest absolute Gasteiger partial charge is 0.409 e. The van der Waals surface area contributed by atoms with Gasteiger partial charge in [0, 0.05) is 42.2 Å². The zero-order chi connectivity index (χ0) is 14.5. The highest BCUT2D eigenvalue weighted by Crippen LogP contribution is 2.23. The molecule has 0 spiro atoms. The zero-order valence-corrected chi connectivity index (χ0v) is 13.4. The van der Waals surface area contributed by atoms with Crippen molar-refractivity contribution in [3.8, 4) is 0 Å². The van der Waals surface area contributed by atoms with Crippen molar-refractivity contribution in [1.29, 1.82) is 0 Å². The van der Waals surface area contributed by atoms with Crippen molar-refractivity contribution >= 4 is 33.4 Å². The predicted molar refractivity (Wildman–Crippen MR) is 84.3 cm³/mol. The van der Waals surface area contributed by atoms with Gasteiger partial charge in [0.1, 0.15) is 0 Å². The fourth-order valence-corrected chi connectivity index (χ4v) is 2.99. The van der Waals surface area contributed by atoms with Crippen molar-refractivity contribution in [3.63, 3.8) is 0 Å². The number of nitrogens with zero attached hydrogens (tertiary/aromatic N) is 3. The van der Waals surface area contributed by atoms with Crippen LogP contribution in [-0.4, -0.2) is 53.6 Å². The Morgan fingerprint density at radius 2 is 1.95 bits per heavy atom. The van der Waals surface area contributed by atoms with Crippen LogP contribution in [0.1, 0.15) is 5.56 Å². The molecule has 1 aromatic rings. The molecular formula is C13H18BrClN4O. The van der Waals surface area contributed by atoms with Crippen LogP contribution in [-0.2, 0) is 6.54 Å². The van der Waals surface area contributed by atoms with E-state index in [1.165, 1.54) is 0 Å². The van der Waals surface area contributed by atoms with Crippen LogP contribution in [0.25, 0.3) is 0 Å². The molecule has 0 amide bonds. The summed E-state index contributed by atoms with van der Waals surface area (Å²) >= 11 is 9.65. The van der Waals surface area contributed by atoms with Gasteiger partial charge in [0.25, 0.3) is 0 Å². The normalized spacial score (nSPS) is 18.4. The molecule has 0 aromatic heterocycles. The lowest BCUT2D eigenvalue weighted by Gasteiger charge is -2.34. The lowest BCUT2D eigenvalue weighted by molar-refractivity contribution is 0.139. The van der Waals surface area contributed by atoms with E-state index in [4.69, 9.17) is 22.5 Å². The summed E-state index contributed by atoms with van der Waals surface area (Å²) in [5, 5.41) is 12.4. The van der Waals surface area contributed by atoms with Gasteiger partial charge in [-0.15, -0.1) is 0 Å². The third-order valence-corrected chi connectivity index (χ3v) is 4.23. The highest BCUT2D eigenvalue weighted by molar-refractivity contribution is 9.10. The molecule has 0 radical (unpaired) electrons. The SMILES string of the molecule is N/C(CN1CCN(Cc2ccc(Br)cc2Cl)CC1)=N/O. The standard InChI is InChI=1S/C13H18BrClN4O/c14-11-2-1-10(12(15)7-11)8-18-3-5-19(6-4-18)9-13(16)17-20/h1-2,7,20H,3-6,8-9H2,(H2,16,17). The molecule has 1 saturated heterocycles. The molecule has 110 valence electrons. The maximum Gasteiger partial charge on any atom is 0.153 e. The lowest BCUT2D eigenvalue weighted by Crippen LogP contribution is -2.48. The molecule has 0 bridgehead atoms. The first-order valence-electron chi connectivity index (χ1n) is 6.43. The van der Waals surface area contributed by atoms with Gasteiger partial charge in [-0.25, -0.2) is 0 Å². The quantitative estimate of drug-likeness (QED) is 0.372. The summed E-state index contributed by atoms with van der Waals surface area (Å²) in [5.41, 5.74) is 6.66. The van der Waals surface area contributed by atoms with Gasteiger partial charge in [0.15, 0.2) is 5.84 Å². The summed E-state index contributed by atoms with van der Waals surface area (Å²) in [7, 11) is 0. The summed E-state index contributed by atoms with van der Waals surface area (Å²) in [6.45, 7) is 5.08. The van der Waals surface area contributed by atoms with Crippen LogP contribution in [0.2, 0.25) is 5.02 Å². The van der Waals surface area contributed by atoms with E-state index >= 15 is 0 Å². The molecule has 0 saturated carbocycles. The third-order valence-electron chi connectivity index (χ3n) is 3.39. The number of oxime groups is 1. The van der Waals surface area contributed by atoms with Crippen LogP contribution >= 0.6 is 27.5 Å². The van der Waals surface area contributed by atoms with Gasteiger partial charge in [0.2, 0.25) is 0 Å². The van der Waals surface area contributed by atoms with E-state index in [1.54, 1.807) is 0 Å². The van der Waals surface area contributed by atoms with Crippen LogP contribution in [0, 0.1) is 0 Å². The van der Waals surface area contributed by atoms with Gasteiger partial charge in [0.05, 0.1) is 6.54 Å². The second kappa shape index (κ2) is 7.26. The second-order valence-electron chi connectivity index (χ2n) is 4.88. The summed E-state index contributed by atoms with van der Waals surface area (Å²) < 4.78 is 0.995. The van der Waals surface area contributed by atoms with Crippen LogP contribution in [0.15, 0.2) is 27.8 Å². The molecule has 0 aliphatic carbocycles. The van der Waals surface area contributed by atoms with Crippen molar-refractivity contribution in [3.05, 3.63) is 33.3 Å². The number of halogens is 2. The summed E-state index contributed by atoms with van der Waals surface area (Å²) in [4.78, 5) is 4.53. The van der Waals surface area contributed by atoms with Gasteiger partial charge in [-0.3, -0.25) is 9.80 Å². The number of nitrogens with two attached hydrogens (primary N) is 1. The van der Waals surface area contributed by atoms with Crippen LogP contribution in [0.4, 0.5) is 0 Å². The fraction of sp³-hybridized carbons (Fsp3) is 0.462. The third kappa shape index (κ3) is 4.34. The number of piperazine rings is 1. The van der Waals surface area contributed by atoms with Gasteiger partial charge in [-0.2, -0.15) is 0 Å². The maximum atomic E-state index is 8.57. The molecule has 0 unspecified atom stereocenters. The van der Waals surface area contributed by atoms with Crippen LogP contribution in [0.3, 0.4) is 0 Å². The molecule has 1 heterocycles. The van der Waals surface area contributed by atoms with E-state index in [0.717, 1.165) is 47.8 Å². The van der Waals surface area contributed by atoms with E-state index in [2.05, 4.69) is 37.0 Å². The monoisotopic (exact) mass is 360 g/mol. The molecule has 5 nitrogen and oxygen atoms in total. The van der Waals surface area contributed by atoms with E-state index in [9.17, 15) is 0 Å². The molecular weight excluding hydrogens is 344 g/mol. The molecule has 2 rings (SSSR count). The Bertz CT molecular complexity index is 489. The average molecular weight is 362 g/mol. The molecule has 0 atom stereocenters. The number of benzene rings is 1. The first kappa shape index (κ1) is 15.6. The van der Waals surface area contributed by atoms with Crippen molar-refractivity contribution in [2.24, 2.45) is 10.9 Å². The van der Waals surface area contributed by atoms with Crippen molar-refractivity contribution in [1.82, 2.24) is 9.80 Å². The summed E-state index contributed by atoms with van der Waals surface area (Å²) in [6, 6.07) is 5.98. The Morgan fingerprint density at radius 3 is 2.55 bits per heavy atom. The molecule has 3 N–H and O–H groups in total. The number of hydrogen-bond acceptors (Lipinski definition) is 4. The Kier molecular flexibility index (Phi) is 5.65. The molecule has 1 aliphatic rings. The Labute approximate surface area is 132 Å². The second-order valence-corrected chi connectivity index (χ2v) is 6.20. The van der Waals surface area contributed by atoms with Crippen molar-refractivity contribution < 1.29 is 5.21 Å². The van der Waals surface area contributed by atoms with E-state index < -0.39 is 0 Å². The smallest absolute Gasteiger partial charge is 0.153 e. The highest BCUT2D eigenvalue weighted by atomic mass is 79.9. The maximum absolute atomic E-state index is 8.57. The molecule has 20 heavy (non-hydrogen) atoms. The topological polar surface area (TPSA) is 65.1 Å².